The monoisotopic (exact) mass is 571 g/mol. The van der Waals surface area contributed by atoms with E-state index in [1.54, 1.807) is 7.11 Å². The van der Waals surface area contributed by atoms with Gasteiger partial charge in [-0.05, 0) is 72.9 Å². The molecule has 2 bridgehead atoms. The lowest BCUT2D eigenvalue weighted by molar-refractivity contribution is 0.0700. The van der Waals surface area contributed by atoms with Crippen LogP contribution in [0.1, 0.15) is 47.2 Å². The topological polar surface area (TPSA) is 78.3 Å². The van der Waals surface area contributed by atoms with Gasteiger partial charge in [0.15, 0.2) is 5.82 Å². The minimum absolute atomic E-state index is 0.0222. The van der Waals surface area contributed by atoms with Crippen molar-refractivity contribution in [2.24, 2.45) is 24.6 Å². The first kappa shape index (κ1) is 26.3. The van der Waals surface area contributed by atoms with Crippen molar-refractivity contribution in [3.8, 4) is 17.3 Å². The van der Waals surface area contributed by atoms with Gasteiger partial charge in [0, 0.05) is 48.7 Å². The molecule has 3 aromatic carbocycles. The van der Waals surface area contributed by atoms with Gasteiger partial charge in [-0.2, -0.15) is 0 Å². The summed E-state index contributed by atoms with van der Waals surface area (Å²) in [6.07, 6.45) is 8.96. The Morgan fingerprint density at radius 2 is 1.81 bits per heavy atom. The molecule has 1 amide bonds. The van der Waals surface area contributed by atoms with Crippen LogP contribution in [-0.4, -0.2) is 50.7 Å². The maximum atomic E-state index is 13.7. The Morgan fingerprint density at radius 1 is 1.00 bits per heavy atom. The zero-order valence-electron chi connectivity index (χ0n) is 24.7. The molecule has 2 aliphatic carbocycles. The third-order valence-corrected chi connectivity index (χ3v) is 9.88. The van der Waals surface area contributed by atoms with Gasteiger partial charge in [0.2, 0.25) is 0 Å². The molecule has 2 N–H and O–H groups in total. The number of aromatic nitrogens is 3. The van der Waals surface area contributed by atoms with E-state index in [9.17, 15) is 4.79 Å². The van der Waals surface area contributed by atoms with Gasteiger partial charge in [0.1, 0.15) is 11.3 Å². The summed E-state index contributed by atoms with van der Waals surface area (Å²) in [6, 6.07) is 23.3. The molecule has 1 aliphatic heterocycles. The molecule has 2 saturated carbocycles. The number of likely N-dealkylation sites (tertiary alicyclic amines) is 1. The van der Waals surface area contributed by atoms with Crippen molar-refractivity contribution in [3.63, 3.8) is 0 Å². The summed E-state index contributed by atoms with van der Waals surface area (Å²) in [5.74, 6) is 2.65. The van der Waals surface area contributed by atoms with E-state index in [0.717, 1.165) is 48.5 Å². The summed E-state index contributed by atoms with van der Waals surface area (Å²) in [5, 5.41) is 1.20. The van der Waals surface area contributed by atoms with Gasteiger partial charge in [-0.3, -0.25) is 4.79 Å². The Labute approximate surface area is 251 Å². The second kappa shape index (κ2) is 10.1. The average molecular weight is 572 g/mol. The van der Waals surface area contributed by atoms with Crippen LogP contribution < -0.4 is 10.5 Å². The van der Waals surface area contributed by atoms with Crippen LogP contribution >= 0.6 is 0 Å². The molecular formula is C36H37N5O2. The van der Waals surface area contributed by atoms with Gasteiger partial charge in [-0.15, -0.1) is 0 Å². The zero-order chi connectivity index (χ0) is 29.2. The number of nitrogens with two attached hydrogens (primary N) is 1. The van der Waals surface area contributed by atoms with E-state index < -0.39 is 0 Å². The van der Waals surface area contributed by atoms with E-state index in [1.165, 1.54) is 34.9 Å². The summed E-state index contributed by atoms with van der Waals surface area (Å²) in [7, 11) is 3.71. The molecule has 3 fully saturated rings. The standard InChI is InChI=1S/C36H37N5O2/c1-39-34-28(17-27(19-32(34)43-2)36(42)41-21-26-14-15-29(41)33(26)37)38-35(39)31-18-25-13-12-23(9-8-22-6-4-3-5-7-22)16-30(25)40(31)20-24-10-11-24/h3-9,12-13,16-19,24,26,29,33H,10-11,14-15,20-21,37H2,1-2H3/b9-8+/t26-,29?,33+/m1/s1. The van der Waals surface area contributed by atoms with Crippen LogP contribution in [0, 0.1) is 11.8 Å². The Morgan fingerprint density at radius 3 is 2.53 bits per heavy atom. The van der Waals surface area contributed by atoms with Crippen LogP contribution in [0.5, 0.6) is 5.75 Å². The number of nitrogens with zero attached hydrogens (tertiary/aromatic N) is 4. The van der Waals surface area contributed by atoms with Crippen LogP contribution in [0.4, 0.5) is 0 Å². The van der Waals surface area contributed by atoms with Crippen LogP contribution in [0.25, 0.3) is 45.6 Å². The predicted molar refractivity (Wildman–Crippen MR) is 172 cm³/mol. The fourth-order valence-corrected chi connectivity index (χ4v) is 7.34. The van der Waals surface area contributed by atoms with E-state index in [2.05, 4.69) is 69.8 Å². The summed E-state index contributed by atoms with van der Waals surface area (Å²) in [4.78, 5) is 20.8. The van der Waals surface area contributed by atoms with Gasteiger partial charge in [0.05, 0.1) is 18.3 Å². The van der Waals surface area contributed by atoms with Crippen LogP contribution in [0.2, 0.25) is 0 Å². The minimum Gasteiger partial charge on any atom is -0.494 e. The molecule has 218 valence electrons. The molecule has 43 heavy (non-hydrogen) atoms. The predicted octanol–water partition coefficient (Wildman–Crippen LogP) is 6.35. The third kappa shape index (κ3) is 4.45. The van der Waals surface area contributed by atoms with E-state index in [-0.39, 0.29) is 18.0 Å². The van der Waals surface area contributed by atoms with Crippen LogP contribution in [-0.2, 0) is 13.6 Å². The van der Waals surface area contributed by atoms with Crippen molar-refractivity contribution >= 4 is 40.0 Å². The summed E-state index contributed by atoms with van der Waals surface area (Å²) in [6.45, 7) is 1.70. The molecule has 3 aliphatic rings. The van der Waals surface area contributed by atoms with E-state index in [0.29, 0.717) is 23.1 Å². The Hall–Kier alpha value is -4.36. The minimum atomic E-state index is 0.0222. The smallest absolute Gasteiger partial charge is 0.254 e. The fourth-order valence-electron chi connectivity index (χ4n) is 7.34. The molecule has 7 heteroatoms. The molecule has 0 radical (unpaired) electrons. The number of fused-ring (bicyclic) bond motifs is 4. The number of rotatable bonds is 7. The lowest BCUT2D eigenvalue weighted by atomic mass is 10.1. The van der Waals surface area contributed by atoms with Crippen molar-refractivity contribution in [3.05, 3.63) is 83.4 Å². The zero-order valence-corrected chi connectivity index (χ0v) is 24.7. The molecular weight excluding hydrogens is 534 g/mol. The van der Waals surface area contributed by atoms with E-state index in [4.69, 9.17) is 15.5 Å². The highest BCUT2D eigenvalue weighted by Gasteiger charge is 2.47. The molecule has 3 atom stereocenters. The van der Waals surface area contributed by atoms with E-state index >= 15 is 0 Å². The molecule has 7 nitrogen and oxygen atoms in total. The Kier molecular flexibility index (Phi) is 6.19. The van der Waals surface area contributed by atoms with Crippen molar-refractivity contribution in [2.75, 3.05) is 13.7 Å². The molecule has 1 unspecified atom stereocenters. The van der Waals surface area contributed by atoms with Gasteiger partial charge < -0.3 is 24.5 Å². The van der Waals surface area contributed by atoms with Gasteiger partial charge in [-0.25, -0.2) is 4.98 Å². The highest BCUT2D eigenvalue weighted by Crippen LogP contribution is 2.40. The number of hydrogen-bond acceptors (Lipinski definition) is 4. The second-order valence-electron chi connectivity index (χ2n) is 12.6. The number of benzene rings is 3. The summed E-state index contributed by atoms with van der Waals surface area (Å²) < 4.78 is 10.4. The van der Waals surface area contributed by atoms with Gasteiger partial charge in [0.25, 0.3) is 5.91 Å². The van der Waals surface area contributed by atoms with Crippen molar-refractivity contribution in [2.45, 2.75) is 44.3 Å². The van der Waals surface area contributed by atoms with Crippen molar-refractivity contribution in [1.29, 1.82) is 0 Å². The van der Waals surface area contributed by atoms with Crippen LogP contribution in [0.3, 0.4) is 0 Å². The van der Waals surface area contributed by atoms with Crippen LogP contribution in [0.15, 0.2) is 66.7 Å². The first-order valence-corrected chi connectivity index (χ1v) is 15.5. The SMILES string of the molecule is COc1cc(C(=O)N2C[C@H]3CCC2[C@H]3N)cc2nc(-c3cc4ccc(/C=C/c5ccccc5)cc4n3CC3CC3)n(C)c12. The highest BCUT2D eigenvalue weighted by molar-refractivity contribution is 6.00. The fraction of sp³-hybridized carbons (Fsp3) is 0.333. The number of amides is 1. The van der Waals surface area contributed by atoms with Gasteiger partial charge >= 0.3 is 0 Å². The molecule has 8 rings (SSSR count). The molecule has 2 aromatic heterocycles. The number of methoxy groups -OCH3 is 1. The quantitative estimate of drug-likeness (QED) is 0.231. The number of aryl methyl sites for hydroxylation is 1. The first-order valence-electron chi connectivity index (χ1n) is 15.5. The average Bonchev–Trinajstić information content (AvgIpc) is 3.44. The number of hydrogen-bond donors (Lipinski definition) is 1. The van der Waals surface area contributed by atoms with Crippen molar-refractivity contribution < 1.29 is 9.53 Å². The third-order valence-electron chi connectivity index (χ3n) is 9.88. The first-order chi connectivity index (χ1) is 21.0. The maximum Gasteiger partial charge on any atom is 0.254 e. The number of imidazole rings is 1. The van der Waals surface area contributed by atoms with Gasteiger partial charge in [-0.1, -0.05) is 54.6 Å². The number of piperidine rings is 1. The number of carbonyl (C=O) groups is 1. The molecule has 0 spiro atoms. The number of ether oxygens (including phenoxy) is 1. The molecule has 5 aromatic rings. The second-order valence-corrected chi connectivity index (χ2v) is 12.6. The summed E-state index contributed by atoms with van der Waals surface area (Å²) >= 11 is 0. The van der Waals surface area contributed by atoms with Crippen molar-refractivity contribution in [1.82, 2.24) is 19.0 Å². The lowest BCUT2D eigenvalue weighted by Crippen LogP contribution is -2.41. The number of carbonyl (C=O) groups excluding carboxylic acids is 1. The molecule has 3 heterocycles. The van der Waals surface area contributed by atoms with E-state index in [1.807, 2.05) is 30.1 Å². The highest BCUT2D eigenvalue weighted by atomic mass is 16.5. The summed E-state index contributed by atoms with van der Waals surface area (Å²) in [5.41, 5.74) is 13.3. The Bertz CT molecular complexity index is 1900. The molecule has 1 saturated heterocycles. The normalized spacial score (nSPS) is 21.6. The largest absolute Gasteiger partial charge is 0.494 e. The lowest BCUT2D eigenvalue weighted by Gasteiger charge is -2.27. The maximum absolute atomic E-state index is 13.7. The Balaban J connectivity index is 1.21.